The van der Waals surface area contributed by atoms with Crippen molar-refractivity contribution in [3.8, 4) is 0 Å². The first kappa shape index (κ1) is 15.7. The van der Waals surface area contributed by atoms with Gasteiger partial charge in [-0.3, -0.25) is 0 Å². The molecule has 0 atom stereocenters. The van der Waals surface area contributed by atoms with E-state index in [4.69, 9.17) is 5.11 Å². The molecule has 19 heavy (non-hydrogen) atoms. The van der Waals surface area contributed by atoms with E-state index in [9.17, 15) is 9.59 Å². The maximum Gasteiger partial charge on any atom is 0.339 e. The molecule has 3 rings (SSSR count). The van der Waals surface area contributed by atoms with E-state index in [2.05, 4.69) is 4.74 Å². The highest BCUT2D eigenvalue weighted by Gasteiger charge is 2.21. The number of carboxylic acid groups (broad SMARTS) is 1. The van der Waals surface area contributed by atoms with Crippen molar-refractivity contribution in [2.24, 2.45) is 0 Å². The topological polar surface area (TPSA) is 63.6 Å². The van der Waals surface area contributed by atoms with Crippen LogP contribution in [0.1, 0.15) is 64.1 Å². The molecule has 0 radical (unpaired) electrons. The van der Waals surface area contributed by atoms with Gasteiger partial charge < -0.3 is 9.84 Å². The molecule has 1 N–H and O–H groups in total. The summed E-state index contributed by atoms with van der Waals surface area (Å²) in [6.45, 7) is 1.68. The van der Waals surface area contributed by atoms with Crippen molar-refractivity contribution in [1.29, 1.82) is 0 Å². The molecule has 2 aliphatic carbocycles. The average Bonchev–Trinajstić information content (AvgIpc) is 3.24. The molecule has 1 aromatic heterocycles. The zero-order valence-electron chi connectivity index (χ0n) is 11.4. The summed E-state index contributed by atoms with van der Waals surface area (Å²) in [4.78, 5) is 22.5. The fourth-order valence-electron chi connectivity index (χ4n) is 0.968. The molecule has 106 valence electrons. The lowest BCUT2D eigenvalue weighted by molar-refractivity contribution is 0.0583. The first-order valence-electron chi connectivity index (χ1n) is 6.47. The van der Waals surface area contributed by atoms with Crippen molar-refractivity contribution in [3.05, 3.63) is 21.4 Å². The average molecular weight is 284 g/mol. The number of ether oxygens (including phenoxy) is 1. The molecule has 0 saturated heterocycles. The Hall–Kier alpha value is -1.36. The highest BCUT2D eigenvalue weighted by atomic mass is 32.1. The lowest BCUT2D eigenvalue weighted by Crippen LogP contribution is -2.08. The summed E-state index contributed by atoms with van der Waals surface area (Å²) in [7, 11) is 1.23. The maximum absolute atomic E-state index is 11.1. The SMILES string of the molecule is C1CC1.C1CC1.COC(=O)c1c(C(=O)O)csc1C. The van der Waals surface area contributed by atoms with E-state index in [-0.39, 0.29) is 11.1 Å². The minimum atomic E-state index is -1.11. The lowest BCUT2D eigenvalue weighted by Gasteiger charge is -1.98. The van der Waals surface area contributed by atoms with Crippen LogP contribution >= 0.6 is 11.3 Å². The van der Waals surface area contributed by atoms with Crippen LogP contribution in [-0.4, -0.2) is 24.2 Å². The van der Waals surface area contributed by atoms with Crippen LogP contribution in [-0.2, 0) is 4.74 Å². The highest BCUT2D eigenvalue weighted by molar-refractivity contribution is 7.10. The van der Waals surface area contributed by atoms with Gasteiger partial charge in [0.1, 0.15) is 0 Å². The molecular weight excluding hydrogens is 264 g/mol. The van der Waals surface area contributed by atoms with E-state index in [1.54, 1.807) is 6.92 Å². The van der Waals surface area contributed by atoms with Crippen molar-refractivity contribution in [1.82, 2.24) is 0 Å². The molecule has 0 bridgehead atoms. The second-order valence-electron chi connectivity index (χ2n) is 4.50. The molecule has 0 aromatic carbocycles. The van der Waals surface area contributed by atoms with E-state index in [0.717, 1.165) is 0 Å². The molecular formula is C14H20O4S. The van der Waals surface area contributed by atoms with E-state index in [0.29, 0.717) is 4.88 Å². The number of methoxy groups -OCH3 is 1. The van der Waals surface area contributed by atoms with Gasteiger partial charge >= 0.3 is 11.9 Å². The second-order valence-corrected chi connectivity index (χ2v) is 5.58. The Labute approximate surface area is 117 Å². The lowest BCUT2D eigenvalue weighted by atomic mass is 10.1. The van der Waals surface area contributed by atoms with Gasteiger partial charge in [-0.1, -0.05) is 38.5 Å². The van der Waals surface area contributed by atoms with Gasteiger partial charge in [-0.15, -0.1) is 11.3 Å². The molecule has 2 fully saturated rings. The number of hydrogen-bond donors (Lipinski definition) is 1. The number of carbonyl (C=O) groups excluding carboxylic acids is 1. The zero-order chi connectivity index (χ0) is 14.3. The maximum atomic E-state index is 11.1. The molecule has 5 heteroatoms. The van der Waals surface area contributed by atoms with Gasteiger partial charge in [-0.05, 0) is 6.92 Å². The Bertz CT molecular complexity index is 421. The smallest absolute Gasteiger partial charge is 0.339 e. The third-order valence-electron chi connectivity index (χ3n) is 2.30. The summed E-state index contributed by atoms with van der Waals surface area (Å²) < 4.78 is 4.47. The zero-order valence-corrected chi connectivity index (χ0v) is 12.2. The van der Waals surface area contributed by atoms with Crippen LogP contribution in [0.5, 0.6) is 0 Å². The Morgan fingerprint density at radius 2 is 1.63 bits per heavy atom. The number of aryl methyl sites for hydroxylation is 1. The molecule has 0 unspecified atom stereocenters. The molecule has 2 saturated carbocycles. The van der Waals surface area contributed by atoms with Crippen LogP contribution in [0.3, 0.4) is 0 Å². The predicted molar refractivity (Wildman–Crippen MR) is 75.1 cm³/mol. The minimum Gasteiger partial charge on any atom is -0.478 e. The van der Waals surface area contributed by atoms with Gasteiger partial charge in [-0.2, -0.15) is 0 Å². The van der Waals surface area contributed by atoms with Gasteiger partial charge in [0.2, 0.25) is 0 Å². The fourth-order valence-corrected chi connectivity index (χ4v) is 1.79. The van der Waals surface area contributed by atoms with Gasteiger partial charge in [0.15, 0.2) is 0 Å². The number of esters is 1. The Morgan fingerprint density at radius 3 is 1.95 bits per heavy atom. The Morgan fingerprint density at radius 1 is 1.16 bits per heavy atom. The van der Waals surface area contributed by atoms with Gasteiger partial charge in [-0.25, -0.2) is 9.59 Å². The second kappa shape index (κ2) is 7.94. The quantitative estimate of drug-likeness (QED) is 0.837. The van der Waals surface area contributed by atoms with Gasteiger partial charge in [0, 0.05) is 10.3 Å². The summed E-state index contributed by atoms with van der Waals surface area (Å²) in [6, 6.07) is 0. The van der Waals surface area contributed by atoms with Crippen LogP contribution in [0, 0.1) is 6.92 Å². The Kier molecular flexibility index (Phi) is 6.56. The largest absolute Gasteiger partial charge is 0.478 e. The highest BCUT2D eigenvalue weighted by Crippen LogP contribution is 2.22. The molecule has 1 aromatic rings. The van der Waals surface area contributed by atoms with Gasteiger partial charge in [0.05, 0.1) is 18.2 Å². The standard InChI is InChI=1S/C8H8O4S.2C3H6/c1-4-6(8(11)12-2)5(3-13-4)7(9)10;2*1-2-3-1/h3H,1-2H3,(H,9,10);2*1-3H2. The van der Waals surface area contributed by atoms with Crippen molar-refractivity contribution in [2.45, 2.75) is 45.4 Å². The van der Waals surface area contributed by atoms with Crippen LogP contribution in [0.15, 0.2) is 5.38 Å². The Balaban J connectivity index is 0.000000241. The van der Waals surface area contributed by atoms with E-state index < -0.39 is 11.9 Å². The monoisotopic (exact) mass is 284 g/mol. The van der Waals surface area contributed by atoms with Crippen molar-refractivity contribution in [3.63, 3.8) is 0 Å². The van der Waals surface area contributed by atoms with Crippen LogP contribution in [0.4, 0.5) is 0 Å². The van der Waals surface area contributed by atoms with Crippen molar-refractivity contribution < 1.29 is 19.4 Å². The summed E-state index contributed by atoms with van der Waals surface area (Å²) in [5.74, 6) is -1.71. The van der Waals surface area contributed by atoms with Crippen LogP contribution in [0.2, 0.25) is 0 Å². The summed E-state index contributed by atoms with van der Waals surface area (Å²) in [5, 5.41) is 10.2. The van der Waals surface area contributed by atoms with Crippen molar-refractivity contribution >= 4 is 23.3 Å². The first-order chi connectivity index (χ1) is 9.07. The third-order valence-corrected chi connectivity index (χ3v) is 3.21. The molecule has 2 aliphatic rings. The van der Waals surface area contributed by atoms with Crippen LogP contribution < -0.4 is 0 Å². The molecule has 0 spiro atoms. The summed E-state index contributed by atoms with van der Waals surface area (Å²) in [5.41, 5.74) is 0.161. The van der Waals surface area contributed by atoms with Gasteiger partial charge in [0.25, 0.3) is 0 Å². The molecule has 4 nitrogen and oxygen atoms in total. The number of carboxylic acids is 1. The van der Waals surface area contributed by atoms with Crippen LogP contribution in [0.25, 0.3) is 0 Å². The fraction of sp³-hybridized carbons (Fsp3) is 0.571. The van der Waals surface area contributed by atoms with E-state index in [1.807, 2.05) is 0 Å². The summed E-state index contributed by atoms with van der Waals surface area (Å²) in [6.07, 6.45) is 9.00. The van der Waals surface area contributed by atoms with E-state index in [1.165, 1.54) is 62.4 Å². The molecule has 0 amide bonds. The number of carbonyl (C=O) groups is 2. The first-order valence-corrected chi connectivity index (χ1v) is 7.35. The number of hydrogen-bond acceptors (Lipinski definition) is 4. The normalized spacial score (nSPS) is 14.2. The number of thiophene rings is 1. The third kappa shape index (κ3) is 6.38. The minimum absolute atomic E-state index is 0.00866. The number of aromatic carboxylic acids is 1. The number of rotatable bonds is 2. The molecule has 0 aliphatic heterocycles. The van der Waals surface area contributed by atoms with E-state index >= 15 is 0 Å². The molecule has 1 heterocycles. The summed E-state index contributed by atoms with van der Waals surface area (Å²) >= 11 is 1.22. The predicted octanol–water partition coefficient (Wildman–Crippen LogP) is 3.88. The van der Waals surface area contributed by atoms with Crippen molar-refractivity contribution in [2.75, 3.05) is 7.11 Å².